The van der Waals surface area contributed by atoms with E-state index in [9.17, 15) is 24.8 Å². The van der Waals surface area contributed by atoms with Gasteiger partial charge in [0.1, 0.15) is 26.9 Å². The van der Waals surface area contributed by atoms with Crippen LogP contribution in [0.4, 0.5) is 11.6 Å². The average molecular weight is 499 g/mol. The summed E-state index contributed by atoms with van der Waals surface area (Å²) in [7, 11) is 0. The minimum absolute atomic E-state index is 0.169. The lowest BCUT2D eigenvalue weighted by Crippen LogP contribution is -2.42. The molecule has 1 fully saturated rings. The van der Waals surface area contributed by atoms with E-state index in [0.717, 1.165) is 17.8 Å². The number of nitrogens with one attached hydrogen (secondary N) is 3. The summed E-state index contributed by atoms with van der Waals surface area (Å²) in [5, 5.41) is 28.1. The predicted octanol–water partition coefficient (Wildman–Crippen LogP) is 0.863. The van der Waals surface area contributed by atoms with E-state index in [1.165, 1.54) is 10.8 Å². The number of hydrogen-bond acceptors (Lipinski definition) is 8. The van der Waals surface area contributed by atoms with Crippen LogP contribution in [0.2, 0.25) is 0 Å². The van der Waals surface area contributed by atoms with Gasteiger partial charge >= 0.3 is 0 Å². The van der Waals surface area contributed by atoms with E-state index in [2.05, 4.69) is 20.9 Å². The Bertz CT molecular complexity index is 1330. The molecule has 0 spiro atoms. The second-order valence-electron chi connectivity index (χ2n) is 9.29. The van der Waals surface area contributed by atoms with Crippen LogP contribution in [0.1, 0.15) is 47.0 Å². The summed E-state index contributed by atoms with van der Waals surface area (Å²) in [4.78, 5) is 42.3. The number of anilines is 2. The van der Waals surface area contributed by atoms with Crippen LogP contribution < -0.4 is 30.7 Å². The van der Waals surface area contributed by atoms with E-state index < -0.39 is 23.5 Å². The maximum atomic E-state index is 12.9. The lowest BCUT2D eigenvalue weighted by atomic mass is 9.96. The molecule has 2 amide bonds. The highest BCUT2D eigenvalue weighted by Crippen LogP contribution is 2.19. The zero-order valence-electron chi connectivity index (χ0n) is 20.2. The fourth-order valence-corrected chi connectivity index (χ4v) is 4.65. The lowest BCUT2D eigenvalue weighted by molar-refractivity contribution is -0.123. The summed E-state index contributed by atoms with van der Waals surface area (Å²) >= 11 is 1.02. The number of pyridine rings is 1. The molecule has 1 aliphatic carbocycles. The maximum Gasteiger partial charge on any atom is 0.270 e. The van der Waals surface area contributed by atoms with Crippen LogP contribution in [-0.2, 0) is 16.1 Å². The van der Waals surface area contributed by atoms with Gasteiger partial charge in [0.15, 0.2) is 5.57 Å². The highest BCUT2D eigenvalue weighted by molar-refractivity contribution is 7.07. The van der Waals surface area contributed by atoms with Crippen molar-refractivity contribution in [3.63, 3.8) is 0 Å². The van der Waals surface area contributed by atoms with E-state index in [1.807, 2.05) is 6.07 Å². The Hall–Kier alpha value is -3.49. The van der Waals surface area contributed by atoms with E-state index in [0.29, 0.717) is 24.5 Å². The van der Waals surface area contributed by atoms with Crippen LogP contribution in [0.3, 0.4) is 0 Å². The largest absolute Gasteiger partial charge is 0.391 e. The van der Waals surface area contributed by atoms with Gasteiger partial charge < -0.3 is 21.1 Å². The van der Waals surface area contributed by atoms with Gasteiger partial charge in [-0.15, -0.1) is 11.3 Å². The normalized spacial score (nSPS) is 19.1. The van der Waals surface area contributed by atoms with Crippen molar-refractivity contribution in [2.24, 2.45) is 5.41 Å². The molecular formula is C24H30N6O4S. The predicted molar refractivity (Wildman–Crippen MR) is 135 cm³/mol. The van der Waals surface area contributed by atoms with Gasteiger partial charge in [0, 0.05) is 18.2 Å². The van der Waals surface area contributed by atoms with Crippen molar-refractivity contribution in [3.8, 4) is 6.07 Å². The third-order valence-corrected chi connectivity index (χ3v) is 6.73. The first-order valence-corrected chi connectivity index (χ1v) is 12.2. The number of rotatable bonds is 6. The molecule has 0 bridgehead atoms. The van der Waals surface area contributed by atoms with Crippen molar-refractivity contribution in [1.29, 1.82) is 5.26 Å². The van der Waals surface area contributed by atoms with Crippen LogP contribution in [0, 0.1) is 16.7 Å². The van der Waals surface area contributed by atoms with Crippen molar-refractivity contribution in [2.75, 3.05) is 10.6 Å². The number of nitrogens with zero attached hydrogens (tertiary/aromatic N) is 3. The number of hydrogen-bond donors (Lipinski definition) is 4. The molecule has 0 saturated heterocycles. The SMILES string of the molecule is CCn1c(=C(C#N)C(=O)N[C@H]2CCC[C@@H]2O)sc(=CNc2cccc(NC(=O)C(C)(C)C)n2)c1=O. The summed E-state index contributed by atoms with van der Waals surface area (Å²) in [5.41, 5.74) is -1.09. The second kappa shape index (κ2) is 10.8. The zero-order valence-corrected chi connectivity index (χ0v) is 21.0. The topological polar surface area (TPSA) is 149 Å². The Morgan fingerprint density at radius 2 is 2.03 bits per heavy atom. The van der Waals surface area contributed by atoms with Gasteiger partial charge in [-0.25, -0.2) is 4.98 Å². The maximum absolute atomic E-state index is 12.9. The lowest BCUT2D eigenvalue weighted by Gasteiger charge is -2.17. The van der Waals surface area contributed by atoms with Crippen molar-refractivity contribution in [1.82, 2.24) is 14.9 Å². The van der Waals surface area contributed by atoms with Crippen molar-refractivity contribution < 1.29 is 14.7 Å². The quantitative estimate of drug-likeness (QED) is 0.461. The van der Waals surface area contributed by atoms with Gasteiger partial charge in [0.25, 0.3) is 11.5 Å². The number of carbonyl (C=O) groups is 2. The van der Waals surface area contributed by atoms with Gasteiger partial charge in [-0.3, -0.25) is 19.0 Å². The highest BCUT2D eigenvalue weighted by Gasteiger charge is 2.28. The molecular weight excluding hydrogens is 468 g/mol. The molecule has 0 aromatic carbocycles. The summed E-state index contributed by atoms with van der Waals surface area (Å²) in [6, 6.07) is 6.58. The van der Waals surface area contributed by atoms with Crippen LogP contribution >= 0.6 is 11.3 Å². The minimum Gasteiger partial charge on any atom is -0.391 e. The Labute approximate surface area is 207 Å². The molecule has 10 nitrogen and oxygen atoms in total. The second-order valence-corrected chi connectivity index (χ2v) is 10.3. The number of amides is 2. The smallest absolute Gasteiger partial charge is 0.270 e. The molecule has 186 valence electrons. The van der Waals surface area contributed by atoms with Gasteiger partial charge in [-0.2, -0.15) is 5.26 Å². The molecule has 35 heavy (non-hydrogen) atoms. The summed E-state index contributed by atoms with van der Waals surface area (Å²) in [6.07, 6.45) is 2.87. The van der Waals surface area contributed by atoms with Gasteiger partial charge in [-0.05, 0) is 38.3 Å². The zero-order chi connectivity index (χ0) is 25.8. The number of thiazole rings is 1. The number of aliphatic hydroxyl groups is 1. The Kier molecular flexibility index (Phi) is 8.09. The molecule has 1 saturated carbocycles. The Balaban J connectivity index is 1.91. The summed E-state index contributed by atoms with van der Waals surface area (Å²) < 4.78 is 1.90. The number of nitriles is 1. The first kappa shape index (κ1) is 26.1. The highest BCUT2D eigenvalue weighted by atomic mass is 32.1. The molecule has 2 atom stereocenters. The third kappa shape index (κ3) is 6.15. The fourth-order valence-electron chi connectivity index (χ4n) is 3.57. The van der Waals surface area contributed by atoms with Crippen LogP contribution in [0.5, 0.6) is 0 Å². The molecule has 2 aromatic rings. The minimum atomic E-state index is -0.639. The summed E-state index contributed by atoms with van der Waals surface area (Å²) in [5.74, 6) is -0.00760. The molecule has 11 heteroatoms. The third-order valence-electron chi connectivity index (χ3n) is 5.60. The molecule has 1 aliphatic rings. The monoisotopic (exact) mass is 498 g/mol. The van der Waals surface area contributed by atoms with Gasteiger partial charge in [0.2, 0.25) is 5.91 Å². The first-order chi connectivity index (χ1) is 16.5. The standard InChI is InChI=1S/C24H30N6O4S/c1-5-30-21(33)17(13-26-18-10-7-11-19(28-18)29-23(34)24(2,3)4)35-22(30)14(12-25)20(32)27-15-8-6-9-16(15)31/h7,10-11,13,15-16,31H,5-6,8-9H2,1-4H3,(H,27,32)(H2,26,28,29,34)/t15-,16-/m0/s1. The van der Waals surface area contributed by atoms with Crippen molar-refractivity contribution in [3.05, 3.63) is 37.7 Å². The Morgan fingerprint density at radius 1 is 1.31 bits per heavy atom. The Morgan fingerprint density at radius 3 is 2.63 bits per heavy atom. The average Bonchev–Trinajstić information content (AvgIpc) is 3.34. The van der Waals surface area contributed by atoms with E-state index in [-0.39, 0.29) is 32.8 Å². The van der Waals surface area contributed by atoms with Gasteiger partial charge in [0.05, 0.1) is 12.1 Å². The first-order valence-electron chi connectivity index (χ1n) is 11.4. The molecule has 0 radical (unpaired) electrons. The molecule has 0 unspecified atom stereocenters. The van der Waals surface area contributed by atoms with E-state index in [1.54, 1.807) is 45.9 Å². The molecule has 0 aliphatic heterocycles. The molecule has 2 aromatic heterocycles. The molecule has 4 N–H and O–H groups in total. The van der Waals surface area contributed by atoms with E-state index >= 15 is 0 Å². The molecule has 3 rings (SSSR count). The number of carbonyl (C=O) groups excluding carboxylic acids is 2. The van der Waals surface area contributed by atoms with Crippen molar-refractivity contribution in [2.45, 2.75) is 65.6 Å². The van der Waals surface area contributed by atoms with E-state index in [4.69, 9.17) is 0 Å². The number of aliphatic hydroxyl groups excluding tert-OH is 1. The molecule has 2 heterocycles. The van der Waals surface area contributed by atoms with Gasteiger partial charge in [-0.1, -0.05) is 26.8 Å². The van der Waals surface area contributed by atoms with Crippen LogP contribution in [0.15, 0.2) is 23.0 Å². The van der Waals surface area contributed by atoms with Crippen molar-refractivity contribution >= 4 is 46.6 Å². The number of aromatic nitrogens is 2. The van der Waals surface area contributed by atoms with Crippen LogP contribution in [-0.4, -0.2) is 38.6 Å². The summed E-state index contributed by atoms with van der Waals surface area (Å²) in [6.45, 7) is 7.43. The van der Waals surface area contributed by atoms with Crippen LogP contribution in [0.25, 0.3) is 11.8 Å². The fraction of sp³-hybridized carbons (Fsp3) is 0.458.